The lowest BCUT2D eigenvalue weighted by atomic mass is 9.92. The second kappa shape index (κ2) is 8.97. The van der Waals surface area contributed by atoms with Crippen molar-refractivity contribution in [2.75, 3.05) is 11.6 Å². The number of primary amides is 1. The average Bonchev–Trinajstić information content (AvgIpc) is 3.27. The molecule has 0 saturated carbocycles. The van der Waals surface area contributed by atoms with Gasteiger partial charge in [-0.3, -0.25) is 19.6 Å². The van der Waals surface area contributed by atoms with E-state index in [1.54, 1.807) is 22.7 Å². The summed E-state index contributed by atoms with van der Waals surface area (Å²) in [6.45, 7) is 4.03. The Labute approximate surface area is 190 Å². The lowest BCUT2D eigenvalue weighted by molar-refractivity contribution is -0.130. The summed E-state index contributed by atoms with van der Waals surface area (Å²) in [4.78, 5) is 35.5. The Morgan fingerprint density at radius 2 is 2.06 bits per heavy atom. The van der Waals surface area contributed by atoms with Crippen LogP contribution in [0.4, 0.5) is 0 Å². The Bertz CT molecular complexity index is 1240. The molecule has 8 heteroatoms. The Morgan fingerprint density at radius 1 is 1.28 bits per heavy atom. The van der Waals surface area contributed by atoms with Crippen LogP contribution in [0.25, 0.3) is 10.9 Å². The number of carbonyl (C=O) groups excluding carboxylic acids is 2. The highest BCUT2D eigenvalue weighted by atomic mass is 32.2. The van der Waals surface area contributed by atoms with Gasteiger partial charge >= 0.3 is 0 Å². The third kappa shape index (κ3) is 4.30. The molecule has 1 fully saturated rings. The van der Waals surface area contributed by atoms with Gasteiger partial charge in [0.25, 0.3) is 0 Å². The first kappa shape index (κ1) is 21.8. The highest BCUT2D eigenvalue weighted by Crippen LogP contribution is 2.29. The predicted octanol–water partition coefficient (Wildman–Crippen LogP) is 3.16. The number of aryl methyl sites for hydroxylation is 1. The molecular weight excluding hydrogens is 422 g/mol. The van der Waals surface area contributed by atoms with E-state index in [0.717, 1.165) is 16.8 Å². The molecule has 162 valence electrons. The molecule has 0 aliphatic carbocycles. The molecule has 0 radical (unpaired) electrons. The minimum absolute atomic E-state index is 0.0160. The molecule has 3 heterocycles. The quantitative estimate of drug-likeness (QED) is 0.645. The molecule has 0 unspecified atom stereocenters. The van der Waals surface area contributed by atoms with E-state index in [9.17, 15) is 14.9 Å². The number of thioether (sulfide) groups is 1. The Balaban J connectivity index is 1.67. The van der Waals surface area contributed by atoms with Crippen LogP contribution in [-0.2, 0) is 11.2 Å². The minimum atomic E-state index is -0.570. The maximum atomic E-state index is 12.7. The molecule has 0 spiro atoms. The fourth-order valence-corrected chi connectivity index (χ4v) is 4.95. The topological polar surface area (TPSA) is 113 Å². The fourth-order valence-electron chi connectivity index (χ4n) is 3.84. The zero-order chi connectivity index (χ0) is 22.8. The number of amides is 2. The van der Waals surface area contributed by atoms with E-state index in [-0.39, 0.29) is 18.2 Å². The van der Waals surface area contributed by atoms with Gasteiger partial charge in [-0.15, -0.1) is 11.8 Å². The van der Waals surface area contributed by atoms with Crippen LogP contribution in [0.2, 0.25) is 0 Å². The van der Waals surface area contributed by atoms with Gasteiger partial charge in [-0.1, -0.05) is 19.1 Å². The Hall–Kier alpha value is -3.44. The van der Waals surface area contributed by atoms with Crippen LogP contribution >= 0.6 is 11.8 Å². The second-order valence-electron chi connectivity index (χ2n) is 7.94. The molecule has 2 amide bonds. The van der Waals surface area contributed by atoms with E-state index < -0.39 is 11.9 Å². The van der Waals surface area contributed by atoms with Crippen molar-refractivity contribution in [3.05, 3.63) is 70.7 Å². The lowest BCUT2D eigenvalue weighted by Crippen LogP contribution is -2.36. The van der Waals surface area contributed by atoms with Crippen molar-refractivity contribution in [1.82, 2.24) is 14.9 Å². The first-order valence-electron chi connectivity index (χ1n) is 10.3. The maximum absolute atomic E-state index is 12.7. The molecule has 32 heavy (non-hydrogen) atoms. The molecule has 7 nitrogen and oxygen atoms in total. The molecule has 1 aliphatic heterocycles. The predicted molar refractivity (Wildman–Crippen MR) is 124 cm³/mol. The molecular formula is C24H23N5O2S. The Kier molecular flexibility index (Phi) is 6.10. The number of hydrogen-bond acceptors (Lipinski definition) is 6. The van der Waals surface area contributed by atoms with Crippen molar-refractivity contribution in [1.29, 1.82) is 5.26 Å². The van der Waals surface area contributed by atoms with Crippen LogP contribution in [0.5, 0.6) is 0 Å². The zero-order valence-electron chi connectivity index (χ0n) is 17.9. The highest BCUT2D eigenvalue weighted by molar-refractivity contribution is 7.99. The van der Waals surface area contributed by atoms with E-state index >= 15 is 0 Å². The summed E-state index contributed by atoms with van der Waals surface area (Å²) >= 11 is 1.55. The van der Waals surface area contributed by atoms with Gasteiger partial charge in [-0.25, -0.2) is 0 Å². The van der Waals surface area contributed by atoms with E-state index in [1.165, 1.54) is 0 Å². The number of hydrogen-bond donors (Lipinski definition) is 1. The molecule has 2 aromatic heterocycles. The maximum Gasteiger partial charge on any atom is 0.249 e. The van der Waals surface area contributed by atoms with Gasteiger partial charge in [-0.05, 0) is 42.3 Å². The van der Waals surface area contributed by atoms with Crippen LogP contribution < -0.4 is 5.73 Å². The van der Waals surface area contributed by atoms with Crippen LogP contribution in [-0.4, -0.2) is 44.4 Å². The summed E-state index contributed by atoms with van der Waals surface area (Å²) in [6.07, 6.45) is 1.87. The van der Waals surface area contributed by atoms with Crippen LogP contribution in [0, 0.1) is 18.3 Å². The number of carbonyl (C=O) groups is 2. The molecule has 1 aromatic carbocycles. The van der Waals surface area contributed by atoms with E-state index in [0.29, 0.717) is 33.8 Å². The fraction of sp³-hybridized carbons (Fsp3) is 0.292. The van der Waals surface area contributed by atoms with Crippen molar-refractivity contribution in [2.45, 2.75) is 32.2 Å². The van der Waals surface area contributed by atoms with Crippen molar-refractivity contribution in [3.63, 3.8) is 0 Å². The average molecular weight is 446 g/mol. The molecule has 2 atom stereocenters. The summed E-state index contributed by atoms with van der Waals surface area (Å²) in [7, 11) is 0. The molecule has 0 bridgehead atoms. The van der Waals surface area contributed by atoms with Crippen molar-refractivity contribution < 1.29 is 9.59 Å². The number of benzene rings is 1. The first-order valence-corrected chi connectivity index (χ1v) is 11.5. The summed E-state index contributed by atoms with van der Waals surface area (Å²) in [5.74, 6) is 0.422. The van der Waals surface area contributed by atoms with Crippen molar-refractivity contribution in [2.24, 2.45) is 5.73 Å². The smallest absolute Gasteiger partial charge is 0.249 e. The number of aromatic nitrogens is 2. The summed E-state index contributed by atoms with van der Waals surface area (Å²) in [6, 6.07) is 13.1. The number of fused-ring (bicyclic) bond motifs is 1. The van der Waals surface area contributed by atoms with E-state index in [2.05, 4.69) is 23.0 Å². The van der Waals surface area contributed by atoms with Gasteiger partial charge in [0.15, 0.2) is 0 Å². The molecule has 1 saturated heterocycles. The summed E-state index contributed by atoms with van der Waals surface area (Å²) in [5, 5.41) is 9.90. The number of pyridine rings is 2. The van der Waals surface area contributed by atoms with Gasteiger partial charge < -0.3 is 10.6 Å². The monoisotopic (exact) mass is 445 g/mol. The second-order valence-corrected chi connectivity index (χ2v) is 8.94. The van der Waals surface area contributed by atoms with Gasteiger partial charge in [-0.2, -0.15) is 5.26 Å². The lowest BCUT2D eigenvalue weighted by Gasteiger charge is -2.19. The van der Waals surface area contributed by atoms with Crippen LogP contribution in [0.15, 0.2) is 42.6 Å². The first-order chi connectivity index (χ1) is 15.4. The van der Waals surface area contributed by atoms with Crippen molar-refractivity contribution >= 4 is 34.5 Å². The third-order valence-electron chi connectivity index (χ3n) is 5.77. The van der Waals surface area contributed by atoms with E-state index in [4.69, 9.17) is 5.73 Å². The SMILES string of the molecule is Cc1ccc([C@H](C)c2ccc3nc(CC(=O)N4CSC[C@H]4C#N)cc(C(N)=O)c3c2)cn1. The zero-order valence-corrected chi connectivity index (χ0v) is 18.7. The van der Waals surface area contributed by atoms with Crippen molar-refractivity contribution in [3.8, 4) is 6.07 Å². The largest absolute Gasteiger partial charge is 0.366 e. The standard InChI is InChI=1S/C24H23N5O2S/c1-14-3-4-17(11-27-14)15(2)16-5-6-22-20(7-16)21(24(26)31)8-18(28-22)9-23(30)29-13-32-12-19(29)10-25/h3-8,11,15,19H,9,12-13H2,1-2H3,(H2,26,31)/t15-,19-/m1/s1. The van der Waals surface area contributed by atoms with Crippen LogP contribution in [0.1, 0.15) is 45.7 Å². The summed E-state index contributed by atoms with van der Waals surface area (Å²) in [5.41, 5.74) is 10.1. The number of rotatable bonds is 5. The third-order valence-corrected chi connectivity index (χ3v) is 6.78. The van der Waals surface area contributed by atoms with Crippen LogP contribution in [0.3, 0.4) is 0 Å². The molecule has 3 aromatic rings. The van der Waals surface area contributed by atoms with Gasteiger partial charge in [0.1, 0.15) is 6.04 Å². The highest BCUT2D eigenvalue weighted by Gasteiger charge is 2.29. The Morgan fingerprint density at radius 3 is 2.75 bits per heavy atom. The molecule has 2 N–H and O–H groups in total. The van der Waals surface area contributed by atoms with Gasteiger partial charge in [0.05, 0.1) is 35.1 Å². The number of nitrogens with two attached hydrogens (primary N) is 1. The van der Waals surface area contributed by atoms with Gasteiger partial charge in [0.2, 0.25) is 11.8 Å². The number of nitrogens with zero attached hydrogens (tertiary/aromatic N) is 4. The number of nitriles is 1. The minimum Gasteiger partial charge on any atom is -0.366 e. The normalized spacial score (nSPS) is 16.7. The summed E-state index contributed by atoms with van der Waals surface area (Å²) < 4.78 is 0. The molecule has 1 aliphatic rings. The molecule has 4 rings (SSSR count). The van der Waals surface area contributed by atoms with Gasteiger partial charge in [0, 0.05) is 28.9 Å². The van der Waals surface area contributed by atoms with E-state index in [1.807, 2.05) is 43.5 Å².